The third-order valence-electron chi connectivity index (χ3n) is 8.94. The second-order valence-electron chi connectivity index (χ2n) is 11.2. The van der Waals surface area contributed by atoms with Gasteiger partial charge in [-0.3, -0.25) is 0 Å². The molecule has 4 fully saturated rings. The van der Waals surface area contributed by atoms with Crippen molar-refractivity contribution >= 4 is 16.9 Å². The van der Waals surface area contributed by atoms with Gasteiger partial charge in [0, 0.05) is 5.92 Å². The Balaban J connectivity index is 1.20. The average molecular weight is 501 g/mol. The Morgan fingerprint density at radius 1 is 0.861 bits per heavy atom. The first kappa shape index (κ1) is 23.7. The summed E-state index contributed by atoms with van der Waals surface area (Å²) in [6, 6.07) is 25.9. The highest BCUT2D eigenvalue weighted by molar-refractivity contribution is 8.17. The van der Waals surface area contributed by atoms with Crippen LogP contribution in [0.25, 0.3) is 0 Å². The average Bonchev–Trinajstić information content (AvgIpc) is 3.26. The third-order valence-corrected chi connectivity index (χ3v) is 11.3. The monoisotopic (exact) mass is 500 g/mol. The lowest BCUT2D eigenvalue weighted by Gasteiger charge is -2.41. The van der Waals surface area contributed by atoms with Crippen LogP contribution in [-0.4, -0.2) is 18.2 Å². The van der Waals surface area contributed by atoms with Gasteiger partial charge < -0.3 is 9.47 Å². The second kappa shape index (κ2) is 9.30. The van der Waals surface area contributed by atoms with Gasteiger partial charge in [-0.25, -0.2) is 4.79 Å². The van der Waals surface area contributed by atoms with Crippen LogP contribution in [-0.2, 0) is 9.53 Å². The van der Waals surface area contributed by atoms with E-state index in [1.165, 1.54) is 40.4 Å². The van der Waals surface area contributed by atoms with E-state index in [0.717, 1.165) is 28.7 Å². The molecule has 3 aromatic carbocycles. The summed E-state index contributed by atoms with van der Waals surface area (Å²) in [5, 5.41) is 0. The SMILES string of the molecule is Cc1cc([SH](c2ccccc2)c2ccccc2)cc(C)c1OCC(=O)OC1(C)C2CC3CC(C2)C1C3. The van der Waals surface area contributed by atoms with E-state index in [9.17, 15) is 4.79 Å². The molecule has 3 aromatic rings. The summed E-state index contributed by atoms with van der Waals surface area (Å²) < 4.78 is 12.3. The van der Waals surface area contributed by atoms with Crippen molar-refractivity contribution in [3.8, 4) is 5.75 Å². The lowest BCUT2D eigenvalue weighted by atomic mass is 9.73. The predicted octanol–water partition coefficient (Wildman–Crippen LogP) is 7.53. The van der Waals surface area contributed by atoms with Crippen LogP contribution in [0.3, 0.4) is 0 Å². The fraction of sp³-hybridized carbons (Fsp3) is 0.406. The Morgan fingerprint density at radius 3 is 2.06 bits per heavy atom. The van der Waals surface area contributed by atoms with Gasteiger partial charge in [0.15, 0.2) is 6.61 Å². The third kappa shape index (κ3) is 4.14. The molecule has 4 saturated carbocycles. The Bertz CT molecular complexity index is 1190. The van der Waals surface area contributed by atoms with E-state index in [4.69, 9.17) is 9.47 Å². The van der Waals surface area contributed by atoms with E-state index in [0.29, 0.717) is 11.8 Å². The Morgan fingerprint density at radius 2 is 1.47 bits per heavy atom. The molecule has 0 N–H and O–H groups in total. The Hall–Kier alpha value is -2.72. The molecule has 5 unspecified atom stereocenters. The fourth-order valence-electron chi connectivity index (χ4n) is 7.48. The quantitative estimate of drug-likeness (QED) is 0.269. The van der Waals surface area contributed by atoms with Crippen LogP contribution in [0.2, 0.25) is 0 Å². The van der Waals surface area contributed by atoms with Crippen molar-refractivity contribution in [1.29, 1.82) is 0 Å². The highest BCUT2D eigenvalue weighted by Crippen LogP contribution is 2.64. The number of ether oxygens (including phenoxy) is 2. The maximum atomic E-state index is 13.0. The molecule has 5 atom stereocenters. The minimum atomic E-state index is -0.682. The summed E-state index contributed by atoms with van der Waals surface area (Å²) in [7, 11) is -0.682. The van der Waals surface area contributed by atoms with Crippen LogP contribution in [0.15, 0.2) is 87.5 Å². The van der Waals surface area contributed by atoms with Gasteiger partial charge in [-0.2, -0.15) is 10.9 Å². The van der Waals surface area contributed by atoms with Crippen molar-refractivity contribution in [3.63, 3.8) is 0 Å². The highest BCUT2D eigenvalue weighted by atomic mass is 32.2. The highest BCUT2D eigenvalue weighted by Gasteiger charge is 2.62. The number of aryl methyl sites for hydroxylation is 2. The number of thiol groups is 1. The predicted molar refractivity (Wildman–Crippen MR) is 145 cm³/mol. The maximum Gasteiger partial charge on any atom is 0.344 e. The summed E-state index contributed by atoms with van der Waals surface area (Å²) in [4.78, 5) is 16.9. The summed E-state index contributed by atoms with van der Waals surface area (Å²) in [6.45, 7) is 6.31. The van der Waals surface area contributed by atoms with Gasteiger partial charge in [-0.1, -0.05) is 36.4 Å². The van der Waals surface area contributed by atoms with Crippen molar-refractivity contribution in [2.45, 2.75) is 66.7 Å². The first-order valence-corrected chi connectivity index (χ1v) is 14.6. The molecule has 3 nitrogen and oxygen atoms in total. The van der Waals surface area contributed by atoms with E-state index in [1.807, 2.05) is 0 Å². The van der Waals surface area contributed by atoms with E-state index in [2.05, 4.69) is 93.6 Å². The zero-order valence-corrected chi connectivity index (χ0v) is 22.3. The second-order valence-corrected chi connectivity index (χ2v) is 13.5. The topological polar surface area (TPSA) is 35.5 Å². The van der Waals surface area contributed by atoms with E-state index < -0.39 is 10.9 Å². The van der Waals surface area contributed by atoms with E-state index in [1.54, 1.807) is 0 Å². The molecule has 4 heteroatoms. The zero-order valence-electron chi connectivity index (χ0n) is 21.4. The first-order valence-electron chi connectivity index (χ1n) is 13.3. The minimum absolute atomic E-state index is 0.0315. The van der Waals surface area contributed by atoms with E-state index in [-0.39, 0.29) is 18.2 Å². The van der Waals surface area contributed by atoms with E-state index >= 15 is 0 Å². The van der Waals surface area contributed by atoms with Crippen molar-refractivity contribution < 1.29 is 14.3 Å². The van der Waals surface area contributed by atoms with Gasteiger partial charge in [0.05, 0.1) is 0 Å². The number of carbonyl (C=O) groups is 1. The van der Waals surface area contributed by atoms with Crippen molar-refractivity contribution in [3.05, 3.63) is 83.9 Å². The van der Waals surface area contributed by atoms with Gasteiger partial charge >= 0.3 is 5.97 Å². The molecule has 188 valence electrons. The number of rotatable bonds is 7. The van der Waals surface area contributed by atoms with Crippen LogP contribution in [0.1, 0.15) is 43.7 Å². The number of carbonyl (C=O) groups excluding carboxylic acids is 1. The number of hydrogen-bond donors (Lipinski definition) is 1. The standard InChI is InChI=1S/C32H36O3S/c1-21-14-28(36(26-10-6-4-7-11-26)27-12-8-5-9-13-27)15-22(2)31(21)34-20-30(33)35-32(3)25-17-23-16-24(19-25)29(32)18-23/h4-15,23-25,29,36H,16-20H2,1-3H3. The summed E-state index contributed by atoms with van der Waals surface area (Å²) >= 11 is 0. The van der Waals surface area contributed by atoms with Gasteiger partial charge in [-0.15, -0.1) is 0 Å². The molecule has 0 radical (unpaired) electrons. The molecule has 7 rings (SSSR count). The molecule has 0 aliphatic heterocycles. The van der Waals surface area contributed by atoms with Crippen molar-refractivity contribution in [2.75, 3.05) is 6.61 Å². The molecular formula is C32H36O3S. The lowest BCUT2D eigenvalue weighted by molar-refractivity contribution is -0.173. The Kier molecular flexibility index (Phi) is 6.11. The maximum absolute atomic E-state index is 13.0. The van der Waals surface area contributed by atoms with Crippen LogP contribution in [0, 0.1) is 37.5 Å². The molecule has 0 heterocycles. The zero-order chi connectivity index (χ0) is 24.9. The first-order chi connectivity index (χ1) is 17.4. The molecule has 36 heavy (non-hydrogen) atoms. The Labute approximate surface area is 217 Å². The summed E-state index contributed by atoms with van der Waals surface area (Å²) in [5.41, 5.74) is 1.82. The fourth-order valence-corrected chi connectivity index (χ4v) is 9.96. The van der Waals surface area contributed by atoms with Crippen molar-refractivity contribution in [1.82, 2.24) is 0 Å². The van der Waals surface area contributed by atoms with Crippen LogP contribution in [0.5, 0.6) is 5.75 Å². The van der Waals surface area contributed by atoms with Gasteiger partial charge in [0.2, 0.25) is 0 Å². The molecule has 4 bridgehead atoms. The number of hydrogen-bond acceptors (Lipinski definition) is 3. The molecule has 4 aliphatic rings. The molecule has 0 spiro atoms. The normalized spacial score (nSPS) is 28.2. The number of benzene rings is 3. The van der Waals surface area contributed by atoms with Crippen LogP contribution in [0.4, 0.5) is 0 Å². The number of esters is 1. The van der Waals surface area contributed by atoms with Gasteiger partial charge in [0.25, 0.3) is 0 Å². The summed E-state index contributed by atoms with van der Waals surface area (Å²) in [5.74, 6) is 3.26. The molecule has 0 saturated heterocycles. The molecule has 4 aliphatic carbocycles. The van der Waals surface area contributed by atoms with Crippen LogP contribution < -0.4 is 4.74 Å². The van der Waals surface area contributed by atoms with Gasteiger partial charge in [-0.05, 0) is 126 Å². The summed E-state index contributed by atoms with van der Waals surface area (Å²) in [6.07, 6.45) is 5.03. The smallest absolute Gasteiger partial charge is 0.344 e. The van der Waals surface area contributed by atoms with Crippen molar-refractivity contribution in [2.24, 2.45) is 23.7 Å². The van der Waals surface area contributed by atoms with Gasteiger partial charge in [0.1, 0.15) is 11.4 Å². The largest absolute Gasteiger partial charge is 0.481 e. The lowest BCUT2D eigenvalue weighted by Crippen LogP contribution is -2.45. The molecule has 0 aromatic heterocycles. The molecular weight excluding hydrogens is 464 g/mol. The van der Waals surface area contributed by atoms with Crippen LogP contribution >= 0.6 is 10.9 Å². The minimum Gasteiger partial charge on any atom is -0.481 e. The molecule has 0 amide bonds.